The monoisotopic (exact) mass is 195 g/mol. The van der Waals surface area contributed by atoms with Crippen LogP contribution in [0.25, 0.3) is 0 Å². The molecule has 0 N–H and O–H groups in total. The molecule has 0 aromatic carbocycles. The summed E-state index contributed by atoms with van der Waals surface area (Å²) < 4.78 is 0. The van der Waals surface area contributed by atoms with Crippen LogP contribution in [0.4, 0.5) is 0 Å². The molecule has 2 unspecified atom stereocenters. The van der Waals surface area contributed by atoms with Gasteiger partial charge >= 0.3 is 0 Å². The summed E-state index contributed by atoms with van der Waals surface area (Å²) >= 11 is 0. The van der Waals surface area contributed by atoms with E-state index >= 15 is 0 Å². The summed E-state index contributed by atoms with van der Waals surface area (Å²) in [6.07, 6.45) is 6.13. The first kappa shape index (κ1) is 14.5. The Morgan fingerprint density at radius 3 is 2.64 bits per heavy atom. The molecule has 1 saturated heterocycles. The summed E-state index contributed by atoms with van der Waals surface area (Å²) in [5.74, 6) is 0.629. The van der Waals surface area contributed by atoms with Gasteiger partial charge in [0.2, 0.25) is 0 Å². The van der Waals surface area contributed by atoms with Gasteiger partial charge in [-0.25, -0.2) is 9.78 Å². The van der Waals surface area contributed by atoms with Gasteiger partial charge in [0.05, 0.1) is 6.61 Å². The zero-order valence-corrected chi connectivity index (χ0v) is 9.62. The van der Waals surface area contributed by atoms with Crippen molar-refractivity contribution in [1.29, 1.82) is 0 Å². The molecule has 1 aliphatic rings. The van der Waals surface area contributed by atoms with E-state index in [1.54, 1.807) is 0 Å². The maximum absolute atomic E-state index is 5.11. The Bertz CT molecular complexity index is 127. The second kappa shape index (κ2) is 8.76. The van der Waals surface area contributed by atoms with Crippen molar-refractivity contribution in [1.82, 2.24) is 0 Å². The van der Waals surface area contributed by atoms with Crippen LogP contribution in [0.15, 0.2) is 0 Å². The van der Waals surface area contributed by atoms with Crippen molar-refractivity contribution in [2.24, 2.45) is 5.92 Å². The molecule has 2 atom stereocenters. The predicted octanol–water partition coefficient (Wildman–Crippen LogP) is 2.47. The Balaban J connectivity index is 0.00000169. The zero-order chi connectivity index (χ0) is 9.52. The van der Waals surface area contributed by atoms with Crippen LogP contribution in [0.1, 0.15) is 46.0 Å². The van der Waals surface area contributed by atoms with E-state index in [1.807, 2.05) is 0 Å². The summed E-state index contributed by atoms with van der Waals surface area (Å²) in [7, 11) is 0. The average Bonchev–Trinajstić information content (AvgIpc) is 2.21. The van der Waals surface area contributed by atoms with Crippen LogP contribution in [0, 0.1) is 5.92 Å². The minimum absolute atomic E-state index is 0. The predicted molar refractivity (Wildman–Crippen MR) is 55.6 cm³/mol. The number of unbranched alkanes of at least 4 members (excludes halogenated alkanes) is 1. The molecular weight excluding hydrogens is 175 g/mol. The van der Waals surface area contributed by atoms with Crippen LogP contribution in [-0.4, -0.2) is 31.6 Å². The molecule has 4 heteroatoms. The fourth-order valence-electron chi connectivity index (χ4n) is 1.76. The van der Waals surface area contributed by atoms with Crippen LogP contribution >= 0.6 is 0 Å². The number of rotatable bonds is 5. The Kier molecular flexibility index (Phi) is 9.06. The third-order valence-electron chi connectivity index (χ3n) is 2.68. The molecule has 3 nitrogen and oxygen atoms in total. The van der Waals surface area contributed by atoms with E-state index in [-0.39, 0.29) is 25.0 Å². The van der Waals surface area contributed by atoms with Gasteiger partial charge in [0.25, 0.3) is 0 Å². The van der Waals surface area contributed by atoms with E-state index in [4.69, 9.17) is 4.89 Å². The molecule has 79 valence electrons. The molecule has 0 aliphatic carbocycles. The van der Waals surface area contributed by atoms with Gasteiger partial charge in [0, 0.05) is 25.3 Å². The van der Waals surface area contributed by atoms with E-state index in [2.05, 4.69) is 23.8 Å². The van der Waals surface area contributed by atoms with Crippen molar-refractivity contribution in [3.8, 4) is 0 Å². The molecule has 14 heavy (non-hydrogen) atoms. The van der Waals surface area contributed by atoms with Gasteiger partial charge in [0.15, 0.2) is 0 Å². The summed E-state index contributed by atoms with van der Waals surface area (Å²) in [6.45, 7) is 5.08. The minimum Gasteiger partial charge on any atom is -0.206 e. The Morgan fingerprint density at radius 2 is 2.14 bits per heavy atom. The molecule has 0 bridgehead atoms. The quantitative estimate of drug-likeness (QED) is 0.498. The maximum Gasteiger partial charge on any atom is 0.101 e. The van der Waals surface area contributed by atoms with Crippen LogP contribution in [0.5, 0.6) is 0 Å². The van der Waals surface area contributed by atoms with Gasteiger partial charge in [0.1, 0.15) is 6.10 Å². The second-order valence-electron chi connectivity index (χ2n) is 3.62. The van der Waals surface area contributed by atoms with E-state index in [9.17, 15) is 0 Å². The molecule has 0 aromatic heterocycles. The van der Waals surface area contributed by atoms with Gasteiger partial charge < -0.3 is 0 Å². The fraction of sp³-hybridized carbons (Fsp3) is 1.00. The van der Waals surface area contributed by atoms with Crippen molar-refractivity contribution in [2.75, 3.05) is 6.61 Å². The molecule has 1 rings (SSSR count). The topological polar surface area (TPSA) is 27.7 Å². The van der Waals surface area contributed by atoms with Crippen LogP contribution in [0.2, 0.25) is 0 Å². The first-order chi connectivity index (χ1) is 6.38. The molecule has 0 aromatic rings. The SMILES string of the molecule is CCCCC(CC)C1CCOOO1.[Li]. The molecule has 0 spiro atoms. The van der Waals surface area contributed by atoms with Gasteiger partial charge in [-0.05, 0) is 12.3 Å². The van der Waals surface area contributed by atoms with E-state index in [0.717, 1.165) is 12.8 Å². The molecule has 0 amide bonds. The summed E-state index contributed by atoms with van der Waals surface area (Å²) in [5.41, 5.74) is 0. The third kappa shape index (κ3) is 4.81. The maximum atomic E-state index is 5.11. The van der Waals surface area contributed by atoms with Gasteiger partial charge in [-0.3, -0.25) is 0 Å². The fourth-order valence-corrected chi connectivity index (χ4v) is 1.76. The standard InChI is InChI=1S/C10H20O3.Li/c1-3-5-6-9(4-2)10-7-8-11-13-12-10;/h9-10H,3-8H2,1-2H3;. The number of hydrogen-bond donors (Lipinski definition) is 0. The molecule has 1 radical (unpaired) electrons. The van der Waals surface area contributed by atoms with Crippen LogP contribution in [-0.2, 0) is 14.8 Å². The normalized spacial score (nSPS) is 24.0. The second-order valence-corrected chi connectivity index (χ2v) is 3.62. The summed E-state index contributed by atoms with van der Waals surface area (Å²) in [6, 6.07) is 0. The average molecular weight is 195 g/mol. The molecule has 1 aliphatic heterocycles. The summed E-state index contributed by atoms with van der Waals surface area (Å²) in [5, 5.41) is 4.54. The van der Waals surface area contributed by atoms with E-state index in [0.29, 0.717) is 12.5 Å². The number of hydrogen-bond acceptors (Lipinski definition) is 3. The smallest absolute Gasteiger partial charge is 0.101 e. The molecule has 1 fully saturated rings. The Morgan fingerprint density at radius 1 is 1.36 bits per heavy atom. The Labute approximate surface area is 98.5 Å². The first-order valence-electron chi connectivity index (χ1n) is 5.33. The van der Waals surface area contributed by atoms with Gasteiger partial charge in [-0.2, -0.15) is 0 Å². The summed E-state index contributed by atoms with van der Waals surface area (Å²) in [4.78, 5) is 9.78. The van der Waals surface area contributed by atoms with Gasteiger partial charge in [-0.15, -0.1) is 0 Å². The van der Waals surface area contributed by atoms with Crippen molar-refractivity contribution in [3.63, 3.8) is 0 Å². The zero-order valence-electron chi connectivity index (χ0n) is 9.62. The molecule has 0 saturated carbocycles. The Hall–Kier alpha value is 0.477. The van der Waals surface area contributed by atoms with Crippen LogP contribution < -0.4 is 0 Å². The van der Waals surface area contributed by atoms with Crippen molar-refractivity contribution in [2.45, 2.75) is 52.1 Å². The van der Waals surface area contributed by atoms with Gasteiger partial charge in [-0.1, -0.05) is 38.1 Å². The molecule has 1 heterocycles. The first-order valence-corrected chi connectivity index (χ1v) is 5.33. The minimum atomic E-state index is 0. The third-order valence-corrected chi connectivity index (χ3v) is 2.68. The van der Waals surface area contributed by atoms with E-state index < -0.39 is 0 Å². The largest absolute Gasteiger partial charge is 0.206 e. The van der Waals surface area contributed by atoms with E-state index in [1.165, 1.54) is 19.3 Å². The van der Waals surface area contributed by atoms with Crippen molar-refractivity contribution < 1.29 is 14.8 Å². The molecular formula is C10H20LiO3. The van der Waals surface area contributed by atoms with Crippen LogP contribution in [0.3, 0.4) is 0 Å². The van der Waals surface area contributed by atoms with Crippen molar-refractivity contribution in [3.05, 3.63) is 0 Å². The van der Waals surface area contributed by atoms with Crippen molar-refractivity contribution >= 4 is 18.9 Å².